The van der Waals surface area contributed by atoms with Crippen molar-refractivity contribution in [2.45, 2.75) is 13.5 Å². The van der Waals surface area contributed by atoms with Crippen molar-refractivity contribution in [2.24, 2.45) is 0 Å². The molecule has 0 bridgehead atoms. The Balaban J connectivity index is 2.29. The van der Waals surface area contributed by atoms with Gasteiger partial charge in [0, 0.05) is 7.05 Å². The first-order chi connectivity index (χ1) is 9.56. The van der Waals surface area contributed by atoms with Crippen molar-refractivity contribution in [2.75, 3.05) is 17.7 Å². The van der Waals surface area contributed by atoms with Crippen LogP contribution < -0.4 is 10.6 Å². The van der Waals surface area contributed by atoms with Crippen molar-refractivity contribution in [3.63, 3.8) is 0 Å². The standard InChI is InChI=1S/C12H12F2N6/c1-4-8-5-16-12(19-10(8)15-3)18-9-6-17-20(7(9)2)11(13)14/h1,5-6,11H,2-3H3,(H2,15,16,18,19). The van der Waals surface area contributed by atoms with Crippen molar-refractivity contribution >= 4 is 17.5 Å². The Kier molecular flexibility index (Phi) is 3.79. The minimum absolute atomic E-state index is 0.241. The maximum absolute atomic E-state index is 12.6. The van der Waals surface area contributed by atoms with Crippen LogP contribution in [0.4, 0.5) is 26.2 Å². The van der Waals surface area contributed by atoms with E-state index in [1.165, 1.54) is 19.3 Å². The molecule has 8 heteroatoms. The van der Waals surface area contributed by atoms with Gasteiger partial charge in [-0.15, -0.1) is 6.42 Å². The lowest BCUT2D eigenvalue weighted by molar-refractivity contribution is 0.0545. The number of hydrogen-bond acceptors (Lipinski definition) is 5. The molecule has 0 unspecified atom stereocenters. The van der Waals surface area contributed by atoms with Crippen molar-refractivity contribution in [1.82, 2.24) is 19.7 Å². The summed E-state index contributed by atoms with van der Waals surface area (Å²) in [4.78, 5) is 8.17. The van der Waals surface area contributed by atoms with Gasteiger partial charge in [-0.3, -0.25) is 0 Å². The number of hydrogen-bond donors (Lipinski definition) is 2. The van der Waals surface area contributed by atoms with E-state index in [9.17, 15) is 8.78 Å². The van der Waals surface area contributed by atoms with E-state index in [2.05, 4.69) is 31.6 Å². The minimum atomic E-state index is -2.69. The van der Waals surface area contributed by atoms with Crippen LogP contribution in [0.25, 0.3) is 0 Å². The number of terminal acetylenes is 1. The van der Waals surface area contributed by atoms with Gasteiger partial charge in [-0.1, -0.05) is 5.92 Å². The number of alkyl halides is 2. The summed E-state index contributed by atoms with van der Waals surface area (Å²) in [7, 11) is 1.67. The Hall–Kier alpha value is -2.69. The molecule has 2 heterocycles. The normalized spacial score (nSPS) is 10.4. The number of nitrogens with zero attached hydrogens (tertiary/aromatic N) is 4. The van der Waals surface area contributed by atoms with Crippen LogP contribution in [0.5, 0.6) is 0 Å². The number of anilines is 3. The van der Waals surface area contributed by atoms with E-state index in [1.54, 1.807) is 7.05 Å². The summed E-state index contributed by atoms with van der Waals surface area (Å²) in [6.45, 7) is -1.17. The van der Waals surface area contributed by atoms with Gasteiger partial charge >= 0.3 is 6.55 Å². The van der Waals surface area contributed by atoms with Crippen LogP contribution in [0.1, 0.15) is 17.8 Å². The molecule has 6 nitrogen and oxygen atoms in total. The summed E-state index contributed by atoms with van der Waals surface area (Å²) in [5.74, 6) is 3.15. The molecule has 0 saturated heterocycles. The molecule has 0 aromatic carbocycles. The number of nitrogens with one attached hydrogen (secondary N) is 2. The van der Waals surface area contributed by atoms with Crippen LogP contribution in [0.3, 0.4) is 0 Å². The molecular weight excluding hydrogens is 266 g/mol. The van der Waals surface area contributed by atoms with Gasteiger partial charge in [-0.25, -0.2) is 9.67 Å². The number of rotatable bonds is 4. The van der Waals surface area contributed by atoms with E-state index >= 15 is 0 Å². The predicted octanol–water partition coefficient (Wildman–Crippen LogP) is 2.14. The monoisotopic (exact) mass is 278 g/mol. The second kappa shape index (κ2) is 5.52. The van der Waals surface area contributed by atoms with Crippen molar-refractivity contribution in [3.8, 4) is 12.3 Å². The van der Waals surface area contributed by atoms with Gasteiger partial charge in [0.2, 0.25) is 5.95 Å². The average molecular weight is 278 g/mol. The third-order valence-corrected chi connectivity index (χ3v) is 2.66. The summed E-state index contributed by atoms with van der Waals surface area (Å²) in [5.41, 5.74) is 1.20. The SMILES string of the molecule is C#Cc1cnc(Nc2cnn(C(F)F)c2C)nc1NC. The summed E-state index contributed by atoms with van der Waals surface area (Å²) in [6.07, 6.45) is 8.06. The van der Waals surface area contributed by atoms with E-state index in [1.807, 2.05) is 0 Å². The van der Waals surface area contributed by atoms with E-state index in [0.717, 1.165) is 0 Å². The topological polar surface area (TPSA) is 67.7 Å². The van der Waals surface area contributed by atoms with E-state index in [-0.39, 0.29) is 11.6 Å². The van der Waals surface area contributed by atoms with Gasteiger partial charge in [0.05, 0.1) is 29.3 Å². The van der Waals surface area contributed by atoms with Gasteiger partial charge in [0.1, 0.15) is 5.82 Å². The number of aromatic nitrogens is 4. The lowest BCUT2D eigenvalue weighted by Crippen LogP contribution is -2.05. The molecule has 0 aliphatic rings. The fourth-order valence-corrected chi connectivity index (χ4v) is 1.60. The van der Waals surface area contributed by atoms with Crippen LogP contribution in [0, 0.1) is 19.3 Å². The highest BCUT2D eigenvalue weighted by Gasteiger charge is 2.14. The third-order valence-electron chi connectivity index (χ3n) is 2.66. The molecule has 0 aliphatic heterocycles. The summed E-state index contributed by atoms with van der Waals surface area (Å²) in [5, 5.41) is 9.25. The zero-order valence-corrected chi connectivity index (χ0v) is 10.9. The van der Waals surface area contributed by atoms with Crippen molar-refractivity contribution in [1.29, 1.82) is 0 Å². The average Bonchev–Trinajstić information content (AvgIpc) is 2.80. The molecule has 0 spiro atoms. The summed E-state index contributed by atoms with van der Waals surface area (Å²) in [6, 6.07) is 0. The Morgan fingerprint density at radius 1 is 1.40 bits per heavy atom. The Morgan fingerprint density at radius 3 is 2.70 bits per heavy atom. The number of halogens is 2. The first-order valence-corrected chi connectivity index (χ1v) is 5.67. The molecule has 0 aliphatic carbocycles. The highest BCUT2D eigenvalue weighted by molar-refractivity contribution is 5.59. The Labute approximate surface area is 114 Å². The molecule has 2 rings (SSSR count). The molecule has 0 atom stereocenters. The van der Waals surface area contributed by atoms with Gasteiger partial charge in [0.15, 0.2) is 0 Å². The second-order valence-electron chi connectivity index (χ2n) is 3.84. The molecule has 2 N–H and O–H groups in total. The van der Waals surface area contributed by atoms with Gasteiger partial charge in [0.25, 0.3) is 0 Å². The fraction of sp³-hybridized carbons (Fsp3) is 0.250. The van der Waals surface area contributed by atoms with E-state index in [0.29, 0.717) is 21.8 Å². The van der Waals surface area contributed by atoms with Crippen LogP contribution >= 0.6 is 0 Å². The Morgan fingerprint density at radius 2 is 2.15 bits per heavy atom. The molecule has 0 saturated carbocycles. The molecule has 20 heavy (non-hydrogen) atoms. The molecule has 0 radical (unpaired) electrons. The zero-order valence-electron chi connectivity index (χ0n) is 10.9. The maximum atomic E-state index is 12.6. The third kappa shape index (κ3) is 2.51. The largest absolute Gasteiger partial charge is 0.372 e. The highest BCUT2D eigenvalue weighted by atomic mass is 19.3. The van der Waals surface area contributed by atoms with Gasteiger partial charge in [-0.05, 0) is 6.92 Å². The fourth-order valence-electron chi connectivity index (χ4n) is 1.60. The molecule has 0 fully saturated rings. The first-order valence-electron chi connectivity index (χ1n) is 5.67. The molecular formula is C12H12F2N6. The predicted molar refractivity (Wildman–Crippen MR) is 71.0 cm³/mol. The van der Waals surface area contributed by atoms with Crippen LogP contribution in [-0.2, 0) is 0 Å². The van der Waals surface area contributed by atoms with Crippen molar-refractivity contribution < 1.29 is 8.78 Å². The van der Waals surface area contributed by atoms with E-state index < -0.39 is 6.55 Å². The molecule has 2 aromatic heterocycles. The summed E-state index contributed by atoms with van der Waals surface area (Å²) < 4.78 is 25.8. The van der Waals surface area contributed by atoms with Crippen LogP contribution in [0.2, 0.25) is 0 Å². The summed E-state index contributed by atoms with van der Waals surface area (Å²) >= 11 is 0. The highest BCUT2D eigenvalue weighted by Crippen LogP contribution is 2.22. The Bertz CT molecular complexity index is 658. The molecule has 2 aromatic rings. The second-order valence-corrected chi connectivity index (χ2v) is 3.84. The van der Waals surface area contributed by atoms with Crippen LogP contribution in [0.15, 0.2) is 12.4 Å². The van der Waals surface area contributed by atoms with Gasteiger partial charge in [-0.2, -0.15) is 18.9 Å². The first kappa shape index (κ1) is 13.7. The van der Waals surface area contributed by atoms with Crippen molar-refractivity contribution in [3.05, 3.63) is 23.7 Å². The zero-order chi connectivity index (χ0) is 14.7. The maximum Gasteiger partial charge on any atom is 0.333 e. The van der Waals surface area contributed by atoms with Crippen LogP contribution in [-0.4, -0.2) is 26.8 Å². The smallest absolute Gasteiger partial charge is 0.333 e. The molecule has 104 valence electrons. The van der Waals surface area contributed by atoms with Gasteiger partial charge < -0.3 is 10.6 Å². The quantitative estimate of drug-likeness (QED) is 0.839. The molecule has 0 amide bonds. The lowest BCUT2D eigenvalue weighted by Gasteiger charge is -2.08. The minimum Gasteiger partial charge on any atom is -0.372 e. The lowest BCUT2D eigenvalue weighted by atomic mass is 10.3. The van der Waals surface area contributed by atoms with E-state index in [4.69, 9.17) is 6.42 Å².